The third kappa shape index (κ3) is 8.01. The smallest absolute Gasteiger partial charge is 0.490 e. The van der Waals surface area contributed by atoms with E-state index in [9.17, 15) is 18.0 Å². The molecular formula is C27H29F3N2O5S. The lowest BCUT2D eigenvalue weighted by atomic mass is 9.97. The minimum Gasteiger partial charge on any atom is -0.492 e. The average Bonchev–Trinajstić information content (AvgIpc) is 3.25. The fourth-order valence-electron chi connectivity index (χ4n) is 3.93. The molecule has 1 aliphatic heterocycles. The Morgan fingerprint density at radius 2 is 1.76 bits per heavy atom. The number of hydrogen-bond donors (Lipinski definition) is 1. The van der Waals surface area contributed by atoms with Gasteiger partial charge in [0.2, 0.25) is 0 Å². The number of nitrogens with zero attached hydrogens (tertiary/aromatic N) is 2. The molecule has 1 amide bonds. The maximum absolute atomic E-state index is 12.7. The summed E-state index contributed by atoms with van der Waals surface area (Å²) in [5, 5.41) is 7.12. The van der Waals surface area contributed by atoms with E-state index in [0.29, 0.717) is 23.8 Å². The lowest BCUT2D eigenvalue weighted by Gasteiger charge is -2.31. The van der Waals surface area contributed by atoms with Gasteiger partial charge in [0.25, 0.3) is 5.91 Å². The summed E-state index contributed by atoms with van der Waals surface area (Å²) < 4.78 is 43.2. The molecule has 3 aromatic rings. The molecule has 1 N–H and O–H groups in total. The molecule has 2 aromatic heterocycles. The third-order valence-corrected chi connectivity index (χ3v) is 6.77. The van der Waals surface area contributed by atoms with Gasteiger partial charge in [0, 0.05) is 23.5 Å². The van der Waals surface area contributed by atoms with Crippen LogP contribution in [0.25, 0.3) is 11.3 Å². The molecule has 1 aliphatic rings. The molecule has 1 aromatic carbocycles. The summed E-state index contributed by atoms with van der Waals surface area (Å²) >= 11 is 1.73. The molecule has 0 aliphatic carbocycles. The minimum atomic E-state index is -5.08. The topological polar surface area (TPSA) is 92.9 Å². The number of carbonyl (C=O) groups excluding carboxylic acids is 1. The van der Waals surface area contributed by atoms with E-state index in [1.54, 1.807) is 18.0 Å². The van der Waals surface area contributed by atoms with Crippen LogP contribution in [0, 0.1) is 19.8 Å². The van der Waals surface area contributed by atoms with Crippen molar-refractivity contribution in [2.24, 2.45) is 5.92 Å². The van der Waals surface area contributed by atoms with Crippen molar-refractivity contribution < 1.29 is 37.0 Å². The number of pyridine rings is 1. The predicted octanol–water partition coefficient (Wildman–Crippen LogP) is 6.24. The first kappa shape index (κ1) is 29.1. The van der Waals surface area contributed by atoms with Crippen molar-refractivity contribution in [3.05, 3.63) is 65.7 Å². The second kappa shape index (κ2) is 12.9. The van der Waals surface area contributed by atoms with Crippen LogP contribution < -0.4 is 4.74 Å². The first-order chi connectivity index (χ1) is 18.0. The van der Waals surface area contributed by atoms with Gasteiger partial charge in [0.15, 0.2) is 0 Å². The Morgan fingerprint density at radius 3 is 2.24 bits per heavy atom. The number of likely N-dealkylation sites (tertiary alicyclic amines) is 1. The van der Waals surface area contributed by atoms with Gasteiger partial charge in [0.05, 0.1) is 24.1 Å². The number of aliphatic carboxylic acids is 1. The highest BCUT2D eigenvalue weighted by atomic mass is 32.2. The number of thioether (sulfide) groups is 1. The van der Waals surface area contributed by atoms with Crippen molar-refractivity contribution in [3.8, 4) is 17.0 Å². The molecular weight excluding hydrogens is 521 g/mol. The van der Waals surface area contributed by atoms with E-state index >= 15 is 0 Å². The number of alkyl halides is 3. The van der Waals surface area contributed by atoms with Crippen molar-refractivity contribution in [2.75, 3.05) is 26.0 Å². The van der Waals surface area contributed by atoms with Gasteiger partial charge in [0.1, 0.15) is 17.3 Å². The predicted molar refractivity (Wildman–Crippen MR) is 137 cm³/mol. The number of rotatable bonds is 6. The fourth-order valence-corrected chi connectivity index (χ4v) is 4.34. The maximum Gasteiger partial charge on any atom is 0.490 e. The Kier molecular flexibility index (Phi) is 9.84. The van der Waals surface area contributed by atoms with E-state index in [1.165, 1.54) is 4.90 Å². The van der Waals surface area contributed by atoms with Gasteiger partial charge < -0.3 is 19.2 Å². The number of piperidine rings is 1. The summed E-state index contributed by atoms with van der Waals surface area (Å²) in [5.74, 6) is 0.0129. The van der Waals surface area contributed by atoms with Crippen LogP contribution in [0.2, 0.25) is 0 Å². The molecule has 204 valence electrons. The van der Waals surface area contributed by atoms with Crippen molar-refractivity contribution in [1.29, 1.82) is 0 Å². The molecule has 11 heteroatoms. The molecule has 0 unspecified atom stereocenters. The van der Waals surface area contributed by atoms with E-state index in [2.05, 4.69) is 35.5 Å². The molecule has 1 fully saturated rings. The van der Waals surface area contributed by atoms with Gasteiger partial charge in [-0.05, 0) is 69.2 Å². The molecule has 7 nitrogen and oxygen atoms in total. The summed E-state index contributed by atoms with van der Waals surface area (Å²) in [6, 6.07) is 14.2. The van der Waals surface area contributed by atoms with E-state index in [4.69, 9.17) is 19.1 Å². The zero-order chi connectivity index (χ0) is 27.9. The van der Waals surface area contributed by atoms with Gasteiger partial charge in [-0.1, -0.05) is 12.1 Å². The highest BCUT2D eigenvalue weighted by Crippen LogP contribution is 2.25. The number of ether oxygens (including phenoxy) is 1. The number of aryl methyl sites for hydroxylation is 2. The second-order valence-corrected chi connectivity index (χ2v) is 9.66. The highest BCUT2D eigenvalue weighted by Gasteiger charge is 2.38. The van der Waals surface area contributed by atoms with E-state index < -0.39 is 12.1 Å². The Balaban J connectivity index is 0.000000505. The summed E-state index contributed by atoms with van der Waals surface area (Å²) in [6.45, 7) is 5.87. The molecule has 1 saturated heterocycles. The van der Waals surface area contributed by atoms with Crippen LogP contribution in [-0.2, 0) is 4.79 Å². The fraction of sp³-hybridized carbons (Fsp3) is 0.370. The van der Waals surface area contributed by atoms with Gasteiger partial charge in [-0.3, -0.25) is 9.78 Å². The Morgan fingerprint density at radius 1 is 1.13 bits per heavy atom. The number of amides is 1. The SMILES string of the molecule is CSc1ccc(-c2ccc(OCC3CCN(C(=O)c4cc(C)oc4C)CC3)cn2)cc1.O=C(O)C(F)(F)F. The number of carboxylic acid groups (broad SMARTS) is 1. The lowest BCUT2D eigenvalue weighted by Crippen LogP contribution is -2.39. The molecule has 0 radical (unpaired) electrons. The third-order valence-electron chi connectivity index (χ3n) is 6.02. The second-order valence-electron chi connectivity index (χ2n) is 8.78. The summed E-state index contributed by atoms with van der Waals surface area (Å²) in [5.41, 5.74) is 2.72. The summed E-state index contributed by atoms with van der Waals surface area (Å²) in [7, 11) is 0. The zero-order valence-corrected chi connectivity index (χ0v) is 22.1. The summed E-state index contributed by atoms with van der Waals surface area (Å²) in [4.78, 5) is 29.3. The van der Waals surface area contributed by atoms with Gasteiger partial charge in [-0.25, -0.2) is 4.79 Å². The number of benzene rings is 1. The van der Waals surface area contributed by atoms with Crippen LogP contribution in [0.1, 0.15) is 34.7 Å². The van der Waals surface area contributed by atoms with Crippen LogP contribution in [0.4, 0.5) is 13.2 Å². The zero-order valence-electron chi connectivity index (χ0n) is 21.2. The highest BCUT2D eigenvalue weighted by molar-refractivity contribution is 7.98. The quantitative estimate of drug-likeness (QED) is 0.363. The van der Waals surface area contributed by atoms with Crippen molar-refractivity contribution in [1.82, 2.24) is 9.88 Å². The number of halogens is 3. The van der Waals surface area contributed by atoms with E-state index in [0.717, 1.165) is 48.7 Å². The number of aromatic nitrogens is 1. The number of carboxylic acids is 1. The Labute approximate surface area is 223 Å². The van der Waals surface area contributed by atoms with Crippen LogP contribution in [0.15, 0.2) is 58.0 Å². The van der Waals surface area contributed by atoms with Crippen LogP contribution >= 0.6 is 11.8 Å². The average molecular weight is 551 g/mol. The monoisotopic (exact) mass is 550 g/mol. The van der Waals surface area contributed by atoms with Crippen molar-refractivity contribution in [3.63, 3.8) is 0 Å². The van der Waals surface area contributed by atoms with Crippen molar-refractivity contribution >= 4 is 23.6 Å². The first-order valence-corrected chi connectivity index (χ1v) is 13.1. The number of carbonyl (C=O) groups is 2. The molecule has 38 heavy (non-hydrogen) atoms. The lowest BCUT2D eigenvalue weighted by molar-refractivity contribution is -0.192. The molecule has 4 rings (SSSR count). The largest absolute Gasteiger partial charge is 0.492 e. The molecule has 3 heterocycles. The number of furan rings is 1. The Hall–Kier alpha value is -3.47. The van der Waals surface area contributed by atoms with Gasteiger partial charge in [-0.15, -0.1) is 11.8 Å². The van der Waals surface area contributed by atoms with E-state index in [-0.39, 0.29) is 5.91 Å². The normalized spacial score (nSPS) is 14.0. The Bertz CT molecular complexity index is 1220. The van der Waals surface area contributed by atoms with Gasteiger partial charge in [-0.2, -0.15) is 13.2 Å². The van der Waals surface area contributed by atoms with Crippen LogP contribution in [0.5, 0.6) is 5.75 Å². The van der Waals surface area contributed by atoms with Crippen LogP contribution in [0.3, 0.4) is 0 Å². The van der Waals surface area contributed by atoms with Gasteiger partial charge >= 0.3 is 12.1 Å². The van der Waals surface area contributed by atoms with E-state index in [1.807, 2.05) is 36.9 Å². The first-order valence-electron chi connectivity index (χ1n) is 11.9. The molecule has 0 atom stereocenters. The standard InChI is InChI=1S/C25H28N2O3S.C2HF3O2/c1-17-14-23(18(2)30-17)25(28)27-12-10-19(11-13-27)16-29-21-6-9-24(26-15-21)20-4-7-22(31-3)8-5-20;3-2(4,5)1(6)7/h4-9,14-15,19H,10-13,16H2,1-3H3;(H,6,7). The van der Waals surface area contributed by atoms with Crippen molar-refractivity contribution in [2.45, 2.75) is 37.8 Å². The molecule has 0 saturated carbocycles. The number of hydrogen-bond acceptors (Lipinski definition) is 6. The molecule has 0 spiro atoms. The minimum absolute atomic E-state index is 0.0686. The summed E-state index contributed by atoms with van der Waals surface area (Å²) in [6.07, 6.45) is 0.659. The van der Waals surface area contributed by atoms with Crippen LogP contribution in [-0.4, -0.2) is 59.0 Å². The molecule has 0 bridgehead atoms. The maximum atomic E-state index is 12.7.